The van der Waals surface area contributed by atoms with Gasteiger partial charge in [-0.3, -0.25) is 14.5 Å². The van der Waals surface area contributed by atoms with Crippen molar-refractivity contribution in [2.75, 3.05) is 25.1 Å². The average Bonchev–Trinajstić information content (AvgIpc) is 3.13. The zero-order chi connectivity index (χ0) is 19.8. The highest BCUT2D eigenvalue weighted by molar-refractivity contribution is 7.91. The summed E-state index contributed by atoms with van der Waals surface area (Å²) >= 11 is 0. The first-order valence-electron chi connectivity index (χ1n) is 8.86. The van der Waals surface area contributed by atoms with Gasteiger partial charge in [-0.25, -0.2) is 13.2 Å². The van der Waals surface area contributed by atoms with Crippen LogP contribution in [0, 0.1) is 0 Å². The first-order chi connectivity index (χ1) is 12.7. The van der Waals surface area contributed by atoms with Gasteiger partial charge in [0.2, 0.25) is 5.91 Å². The number of likely N-dealkylation sites (N-methyl/N-ethyl adjacent to an activating group) is 1. The van der Waals surface area contributed by atoms with E-state index in [2.05, 4.69) is 5.32 Å². The number of urea groups is 1. The molecule has 9 heteroatoms. The van der Waals surface area contributed by atoms with Crippen molar-refractivity contribution in [2.24, 2.45) is 0 Å². The summed E-state index contributed by atoms with van der Waals surface area (Å²) in [4.78, 5) is 40.3. The molecule has 2 saturated heterocycles. The van der Waals surface area contributed by atoms with Gasteiger partial charge in [-0.05, 0) is 18.4 Å². The lowest BCUT2D eigenvalue weighted by atomic mass is 9.87. The molecular weight excluding hydrogens is 370 g/mol. The van der Waals surface area contributed by atoms with Crippen molar-refractivity contribution >= 4 is 27.7 Å². The van der Waals surface area contributed by atoms with Crippen LogP contribution in [0.25, 0.3) is 0 Å². The minimum absolute atomic E-state index is 0.0470. The van der Waals surface area contributed by atoms with Crippen LogP contribution < -0.4 is 5.32 Å². The number of sulfone groups is 1. The summed E-state index contributed by atoms with van der Waals surface area (Å²) in [5.74, 6) is -0.966. The maximum absolute atomic E-state index is 13.0. The monoisotopic (exact) mass is 393 g/mol. The molecule has 0 spiro atoms. The van der Waals surface area contributed by atoms with E-state index in [-0.39, 0.29) is 11.5 Å². The fourth-order valence-corrected chi connectivity index (χ4v) is 5.44. The number of hydrogen-bond donors (Lipinski definition) is 1. The van der Waals surface area contributed by atoms with Crippen molar-refractivity contribution in [3.63, 3.8) is 0 Å². The summed E-state index contributed by atoms with van der Waals surface area (Å²) in [6, 6.07) is 7.88. The van der Waals surface area contributed by atoms with Crippen LogP contribution in [0.1, 0.15) is 25.3 Å². The van der Waals surface area contributed by atoms with Crippen LogP contribution in [0.5, 0.6) is 0 Å². The molecule has 0 aliphatic carbocycles. The first kappa shape index (κ1) is 19.3. The van der Waals surface area contributed by atoms with Crippen molar-refractivity contribution in [3.05, 3.63) is 35.9 Å². The lowest BCUT2D eigenvalue weighted by molar-refractivity contribution is -0.139. The number of benzene rings is 1. The lowest BCUT2D eigenvalue weighted by Gasteiger charge is -2.27. The third-order valence-electron chi connectivity index (χ3n) is 5.42. The van der Waals surface area contributed by atoms with E-state index < -0.39 is 45.8 Å². The van der Waals surface area contributed by atoms with Gasteiger partial charge in [0.1, 0.15) is 12.1 Å². The largest absolute Gasteiger partial charge is 0.340 e. The van der Waals surface area contributed by atoms with E-state index in [1.807, 2.05) is 6.07 Å². The number of nitrogens with zero attached hydrogens (tertiary/aromatic N) is 2. The molecule has 0 unspecified atom stereocenters. The molecule has 3 rings (SSSR count). The van der Waals surface area contributed by atoms with Gasteiger partial charge in [0.15, 0.2) is 9.84 Å². The van der Waals surface area contributed by atoms with Crippen LogP contribution in [-0.2, 0) is 25.0 Å². The highest BCUT2D eigenvalue weighted by Crippen LogP contribution is 2.32. The molecule has 146 valence electrons. The standard InChI is InChI=1S/C18H23N3O5S/c1-3-18(13-7-5-4-6-8-13)16(23)21(17(24)19-18)11-15(22)20(2)14-9-10-27(25,26)12-14/h4-8,14H,3,9-12H2,1-2H3,(H,19,24)/t14-,18+/m0/s1. The van der Waals surface area contributed by atoms with Crippen molar-refractivity contribution in [2.45, 2.75) is 31.3 Å². The Kier molecular flexibility index (Phi) is 4.98. The molecular formula is C18H23N3O5S. The van der Waals surface area contributed by atoms with Gasteiger partial charge in [-0.2, -0.15) is 0 Å². The molecule has 8 nitrogen and oxygen atoms in total. The normalized spacial score (nSPS) is 26.9. The van der Waals surface area contributed by atoms with Gasteiger partial charge in [0, 0.05) is 13.1 Å². The number of hydrogen-bond acceptors (Lipinski definition) is 5. The maximum Gasteiger partial charge on any atom is 0.325 e. The minimum atomic E-state index is -3.14. The second-order valence-corrected chi connectivity index (χ2v) is 9.24. The number of nitrogens with one attached hydrogen (secondary N) is 1. The van der Waals surface area contributed by atoms with Gasteiger partial charge in [-0.1, -0.05) is 37.3 Å². The molecule has 0 aromatic heterocycles. The van der Waals surface area contributed by atoms with E-state index in [1.54, 1.807) is 31.2 Å². The Morgan fingerprint density at radius 1 is 1.30 bits per heavy atom. The van der Waals surface area contributed by atoms with Crippen LogP contribution in [0.4, 0.5) is 4.79 Å². The molecule has 2 aliphatic heterocycles. The SMILES string of the molecule is CC[C@]1(c2ccccc2)NC(=O)N(CC(=O)N(C)[C@H]2CCS(=O)(=O)C2)C1=O. The molecule has 0 bridgehead atoms. The average molecular weight is 393 g/mol. The van der Waals surface area contributed by atoms with E-state index in [9.17, 15) is 22.8 Å². The fourth-order valence-electron chi connectivity index (χ4n) is 3.66. The van der Waals surface area contributed by atoms with Crippen molar-refractivity contribution in [1.29, 1.82) is 0 Å². The third kappa shape index (κ3) is 3.43. The summed E-state index contributed by atoms with van der Waals surface area (Å²) < 4.78 is 23.3. The topological polar surface area (TPSA) is 104 Å². The third-order valence-corrected chi connectivity index (χ3v) is 7.17. The molecule has 1 aromatic rings. The molecule has 27 heavy (non-hydrogen) atoms. The predicted molar refractivity (Wildman–Crippen MR) is 98.5 cm³/mol. The Hall–Kier alpha value is -2.42. The van der Waals surface area contributed by atoms with Crippen LogP contribution in [0.2, 0.25) is 0 Å². The fraction of sp³-hybridized carbons (Fsp3) is 0.500. The molecule has 0 saturated carbocycles. The Balaban J connectivity index is 1.77. The number of rotatable bonds is 5. The van der Waals surface area contributed by atoms with E-state index in [0.29, 0.717) is 18.4 Å². The van der Waals surface area contributed by atoms with Crippen molar-refractivity contribution in [1.82, 2.24) is 15.1 Å². The Bertz CT molecular complexity index is 870. The summed E-state index contributed by atoms with van der Waals surface area (Å²) in [6.07, 6.45) is 0.719. The smallest absolute Gasteiger partial charge is 0.325 e. The van der Waals surface area contributed by atoms with Gasteiger partial charge < -0.3 is 10.2 Å². The molecule has 1 aromatic carbocycles. The molecule has 1 N–H and O–H groups in total. The van der Waals surface area contributed by atoms with Crippen LogP contribution in [0.15, 0.2) is 30.3 Å². The highest BCUT2D eigenvalue weighted by Gasteiger charge is 2.51. The van der Waals surface area contributed by atoms with E-state index in [4.69, 9.17) is 0 Å². The first-order valence-corrected chi connectivity index (χ1v) is 10.7. The van der Waals surface area contributed by atoms with E-state index >= 15 is 0 Å². The van der Waals surface area contributed by atoms with Crippen molar-refractivity contribution < 1.29 is 22.8 Å². The minimum Gasteiger partial charge on any atom is -0.340 e. The Labute approximate surface area is 158 Å². The van der Waals surface area contributed by atoms with Gasteiger partial charge in [0.25, 0.3) is 5.91 Å². The summed E-state index contributed by atoms with van der Waals surface area (Å²) in [7, 11) is -1.62. The van der Waals surface area contributed by atoms with Crippen LogP contribution in [-0.4, -0.2) is 67.2 Å². The number of imide groups is 1. The molecule has 4 amide bonds. The van der Waals surface area contributed by atoms with Crippen molar-refractivity contribution in [3.8, 4) is 0 Å². The van der Waals surface area contributed by atoms with Gasteiger partial charge in [0.05, 0.1) is 11.5 Å². The predicted octanol–water partition coefficient (Wildman–Crippen LogP) is 0.489. The van der Waals surface area contributed by atoms with Crippen LogP contribution >= 0.6 is 0 Å². The molecule has 0 radical (unpaired) electrons. The van der Waals surface area contributed by atoms with Crippen LogP contribution in [0.3, 0.4) is 0 Å². The van der Waals surface area contributed by atoms with E-state index in [1.165, 1.54) is 11.9 Å². The second kappa shape index (κ2) is 6.95. The molecule has 2 aliphatic rings. The second-order valence-electron chi connectivity index (χ2n) is 7.01. The summed E-state index contributed by atoms with van der Waals surface area (Å²) in [5, 5.41) is 2.73. The van der Waals surface area contributed by atoms with Gasteiger partial charge >= 0.3 is 6.03 Å². The van der Waals surface area contributed by atoms with E-state index in [0.717, 1.165) is 4.90 Å². The zero-order valence-corrected chi connectivity index (χ0v) is 16.2. The number of carbonyl (C=O) groups is 3. The Morgan fingerprint density at radius 3 is 2.52 bits per heavy atom. The number of carbonyl (C=O) groups excluding carboxylic acids is 3. The number of amides is 4. The highest BCUT2D eigenvalue weighted by atomic mass is 32.2. The Morgan fingerprint density at radius 2 is 1.96 bits per heavy atom. The molecule has 2 fully saturated rings. The quantitative estimate of drug-likeness (QED) is 0.733. The zero-order valence-electron chi connectivity index (χ0n) is 15.3. The van der Waals surface area contributed by atoms with Gasteiger partial charge in [-0.15, -0.1) is 0 Å². The summed E-state index contributed by atoms with van der Waals surface area (Å²) in [6.45, 7) is 1.39. The summed E-state index contributed by atoms with van der Waals surface area (Å²) in [5.41, 5.74) is -0.524. The maximum atomic E-state index is 13.0. The lowest BCUT2D eigenvalue weighted by Crippen LogP contribution is -2.47. The molecule has 2 atom stereocenters. The molecule has 2 heterocycles.